The van der Waals surface area contributed by atoms with Crippen molar-refractivity contribution < 1.29 is 0 Å². The molecule has 0 saturated carbocycles. The van der Waals surface area contributed by atoms with Crippen LogP contribution in [0.4, 0.5) is 0 Å². The third-order valence-corrected chi connectivity index (χ3v) is 3.46. The van der Waals surface area contributed by atoms with E-state index in [1.165, 1.54) is 0 Å². The van der Waals surface area contributed by atoms with Crippen LogP contribution in [-0.4, -0.2) is 11.7 Å². The number of rotatable bonds is 4. The number of guanidine groups is 1. The van der Waals surface area contributed by atoms with Crippen LogP contribution in [0.1, 0.15) is 11.1 Å². The summed E-state index contributed by atoms with van der Waals surface area (Å²) in [6.07, 6.45) is 3.71. The number of nitrogens with zero attached hydrogens (tertiary/aromatic N) is 2. The molecule has 0 amide bonds. The van der Waals surface area contributed by atoms with Gasteiger partial charge in [0.2, 0.25) is 5.96 Å². The Morgan fingerprint density at radius 2 is 1.64 bits per heavy atom. The lowest BCUT2D eigenvalue weighted by molar-refractivity contribution is 1.20. The number of allylic oxidation sites excluding steroid dienone is 1. The number of halogens is 2. The van der Waals surface area contributed by atoms with E-state index in [9.17, 15) is 0 Å². The van der Waals surface area contributed by atoms with Gasteiger partial charge in [0.15, 0.2) is 0 Å². The highest BCUT2D eigenvalue weighted by molar-refractivity contribution is 6.42. The topological polar surface area (TPSA) is 76.8 Å². The maximum atomic E-state index is 6.04. The number of hydrogen-bond acceptors (Lipinski definition) is 2. The SMILES string of the molecule is NC(N)=N/N=C(/C=C/c1ccccc1)c1ccc(Cl)c(Cl)c1. The molecular formula is C16H14Cl2N4. The Balaban J connectivity index is 2.39. The van der Waals surface area contributed by atoms with E-state index in [0.717, 1.165) is 11.1 Å². The molecule has 0 aliphatic heterocycles. The van der Waals surface area contributed by atoms with Crippen LogP contribution < -0.4 is 11.5 Å². The van der Waals surface area contributed by atoms with Crippen LogP contribution in [0, 0.1) is 0 Å². The van der Waals surface area contributed by atoms with Crippen molar-refractivity contribution in [1.29, 1.82) is 0 Å². The molecule has 2 aromatic rings. The van der Waals surface area contributed by atoms with Gasteiger partial charge in [-0.2, -0.15) is 0 Å². The van der Waals surface area contributed by atoms with Gasteiger partial charge < -0.3 is 11.5 Å². The van der Waals surface area contributed by atoms with Gasteiger partial charge in [0.1, 0.15) is 0 Å². The molecule has 0 aliphatic rings. The molecule has 0 aromatic heterocycles. The Kier molecular flexibility index (Phi) is 5.58. The molecule has 0 aliphatic carbocycles. The first kappa shape index (κ1) is 16.1. The fraction of sp³-hybridized carbons (Fsp3) is 0. The summed E-state index contributed by atoms with van der Waals surface area (Å²) in [7, 11) is 0. The van der Waals surface area contributed by atoms with Crippen molar-refractivity contribution in [3.63, 3.8) is 0 Å². The number of nitrogens with two attached hydrogens (primary N) is 2. The van der Waals surface area contributed by atoms with Gasteiger partial charge in [-0.1, -0.05) is 65.7 Å². The fourth-order valence-corrected chi connectivity index (χ4v) is 1.99. The summed E-state index contributed by atoms with van der Waals surface area (Å²) < 4.78 is 0. The molecule has 0 unspecified atom stereocenters. The van der Waals surface area contributed by atoms with Crippen LogP contribution in [0.5, 0.6) is 0 Å². The van der Waals surface area contributed by atoms with Gasteiger partial charge in [-0.05, 0) is 23.8 Å². The Bertz CT molecular complexity index is 733. The zero-order valence-electron chi connectivity index (χ0n) is 11.6. The highest BCUT2D eigenvalue weighted by Gasteiger charge is 2.04. The Morgan fingerprint density at radius 3 is 2.27 bits per heavy atom. The molecule has 112 valence electrons. The maximum Gasteiger partial charge on any atom is 0.211 e. The van der Waals surface area contributed by atoms with Crippen molar-refractivity contribution in [2.24, 2.45) is 21.7 Å². The monoisotopic (exact) mass is 332 g/mol. The summed E-state index contributed by atoms with van der Waals surface area (Å²) >= 11 is 12.0. The first-order valence-electron chi connectivity index (χ1n) is 6.41. The highest BCUT2D eigenvalue weighted by Crippen LogP contribution is 2.23. The van der Waals surface area contributed by atoms with E-state index < -0.39 is 0 Å². The summed E-state index contributed by atoms with van der Waals surface area (Å²) in [5.41, 5.74) is 13.0. The van der Waals surface area contributed by atoms with Crippen LogP contribution in [0.3, 0.4) is 0 Å². The Hall–Kier alpha value is -2.30. The molecule has 0 bridgehead atoms. The molecule has 0 heterocycles. The van der Waals surface area contributed by atoms with Crippen molar-refractivity contribution in [3.8, 4) is 0 Å². The van der Waals surface area contributed by atoms with Gasteiger partial charge in [0.05, 0.1) is 15.8 Å². The van der Waals surface area contributed by atoms with Crippen LogP contribution in [0.2, 0.25) is 10.0 Å². The van der Waals surface area contributed by atoms with E-state index >= 15 is 0 Å². The Morgan fingerprint density at radius 1 is 0.909 bits per heavy atom. The van der Waals surface area contributed by atoms with Gasteiger partial charge in [-0.25, -0.2) is 0 Å². The van der Waals surface area contributed by atoms with Gasteiger partial charge in [0, 0.05) is 5.56 Å². The van der Waals surface area contributed by atoms with E-state index in [0.29, 0.717) is 15.8 Å². The van der Waals surface area contributed by atoms with Gasteiger partial charge in [0.25, 0.3) is 0 Å². The van der Waals surface area contributed by atoms with Crippen LogP contribution in [0.25, 0.3) is 6.08 Å². The average Bonchev–Trinajstić information content (AvgIpc) is 2.51. The molecule has 6 heteroatoms. The molecule has 4 nitrogen and oxygen atoms in total. The Labute approximate surface area is 138 Å². The lowest BCUT2D eigenvalue weighted by Gasteiger charge is -2.03. The molecule has 0 fully saturated rings. The lowest BCUT2D eigenvalue weighted by Crippen LogP contribution is -2.22. The minimum atomic E-state index is -0.120. The van der Waals surface area contributed by atoms with E-state index in [2.05, 4.69) is 10.2 Å². The van der Waals surface area contributed by atoms with Crippen LogP contribution in [-0.2, 0) is 0 Å². The van der Waals surface area contributed by atoms with Crippen molar-refractivity contribution in [1.82, 2.24) is 0 Å². The summed E-state index contributed by atoms with van der Waals surface area (Å²) in [6, 6.07) is 15.0. The first-order chi connectivity index (χ1) is 10.6. The second-order valence-electron chi connectivity index (χ2n) is 4.38. The molecule has 0 radical (unpaired) electrons. The fourth-order valence-electron chi connectivity index (χ4n) is 1.69. The molecular weight excluding hydrogens is 319 g/mol. The van der Waals surface area contributed by atoms with Crippen LogP contribution in [0.15, 0.2) is 64.8 Å². The second-order valence-corrected chi connectivity index (χ2v) is 5.20. The molecule has 4 N–H and O–H groups in total. The smallest absolute Gasteiger partial charge is 0.211 e. The highest BCUT2D eigenvalue weighted by atomic mass is 35.5. The van der Waals surface area contributed by atoms with E-state index in [1.54, 1.807) is 24.3 Å². The van der Waals surface area contributed by atoms with Crippen molar-refractivity contribution in [2.45, 2.75) is 0 Å². The van der Waals surface area contributed by atoms with E-state index in [4.69, 9.17) is 34.7 Å². The average molecular weight is 333 g/mol. The summed E-state index contributed by atoms with van der Waals surface area (Å²) in [5.74, 6) is -0.120. The molecule has 2 rings (SSSR count). The predicted octanol–water partition coefficient (Wildman–Crippen LogP) is 3.68. The summed E-state index contributed by atoms with van der Waals surface area (Å²) in [6.45, 7) is 0. The standard InChI is InChI=1S/C16H14Cl2N4/c17-13-8-7-12(10-14(13)18)15(21-22-16(19)20)9-6-11-4-2-1-3-5-11/h1-10H,(H4,19,20,22)/b9-6+,21-15-. The predicted molar refractivity (Wildman–Crippen MR) is 94.3 cm³/mol. The normalized spacial score (nSPS) is 11.6. The van der Waals surface area contributed by atoms with E-state index in [-0.39, 0.29) is 5.96 Å². The zero-order valence-corrected chi connectivity index (χ0v) is 13.1. The van der Waals surface area contributed by atoms with Crippen molar-refractivity contribution in [3.05, 3.63) is 75.8 Å². The largest absolute Gasteiger partial charge is 0.369 e. The molecule has 22 heavy (non-hydrogen) atoms. The maximum absolute atomic E-state index is 6.04. The zero-order chi connectivity index (χ0) is 15.9. The minimum Gasteiger partial charge on any atom is -0.369 e. The molecule has 2 aromatic carbocycles. The van der Waals surface area contributed by atoms with Gasteiger partial charge in [-0.3, -0.25) is 0 Å². The van der Waals surface area contributed by atoms with E-state index in [1.807, 2.05) is 36.4 Å². The third kappa shape index (κ3) is 4.62. The van der Waals surface area contributed by atoms with Crippen molar-refractivity contribution >= 4 is 40.9 Å². The number of hydrogen-bond donors (Lipinski definition) is 2. The molecule has 0 spiro atoms. The van der Waals surface area contributed by atoms with Crippen molar-refractivity contribution in [2.75, 3.05) is 0 Å². The minimum absolute atomic E-state index is 0.120. The van der Waals surface area contributed by atoms with Gasteiger partial charge in [-0.15, -0.1) is 10.2 Å². The quantitative estimate of drug-likeness (QED) is 0.509. The third-order valence-electron chi connectivity index (χ3n) is 2.72. The van der Waals surface area contributed by atoms with Gasteiger partial charge >= 0.3 is 0 Å². The summed E-state index contributed by atoms with van der Waals surface area (Å²) in [4.78, 5) is 0. The first-order valence-corrected chi connectivity index (χ1v) is 7.17. The number of benzene rings is 2. The molecule has 0 saturated heterocycles. The lowest BCUT2D eigenvalue weighted by atomic mass is 10.1. The molecule has 0 atom stereocenters. The second kappa shape index (κ2) is 7.64. The van der Waals surface area contributed by atoms with Crippen LogP contribution >= 0.6 is 23.2 Å². The summed E-state index contributed by atoms with van der Waals surface area (Å²) in [5, 5.41) is 8.65.